The minimum absolute atomic E-state index is 0.0637. The molecule has 1 aliphatic heterocycles. The number of rotatable bonds is 18. The Bertz CT molecular complexity index is 1970. The van der Waals surface area contributed by atoms with Crippen molar-refractivity contribution in [3.05, 3.63) is 96.1 Å². The maximum absolute atomic E-state index is 15.3. The number of phenols is 1. The highest BCUT2D eigenvalue weighted by molar-refractivity contribution is 6.03. The smallest absolute Gasteiger partial charge is 0.239 e. The number of carbonyl (C=O) groups is 1. The number of carbonyl (C=O) groups excluding carboxylic acids is 1. The maximum Gasteiger partial charge on any atom is 0.239 e. The van der Waals surface area contributed by atoms with Crippen LogP contribution in [-0.2, 0) is 20.9 Å². The normalized spacial score (nSPS) is 25.9. The van der Waals surface area contributed by atoms with E-state index in [1.54, 1.807) is 12.1 Å². The van der Waals surface area contributed by atoms with Crippen molar-refractivity contribution in [1.82, 2.24) is 4.90 Å². The van der Waals surface area contributed by atoms with Gasteiger partial charge in [-0.25, -0.2) is 0 Å². The van der Waals surface area contributed by atoms with Gasteiger partial charge >= 0.3 is 0 Å². The minimum atomic E-state index is -1.35. The van der Waals surface area contributed by atoms with Gasteiger partial charge < -0.3 is 34.5 Å². The van der Waals surface area contributed by atoms with Gasteiger partial charge in [-0.1, -0.05) is 98.3 Å². The van der Waals surface area contributed by atoms with Crippen molar-refractivity contribution in [2.24, 2.45) is 28.8 Å². The maximum atomic E-state index is 15.3. The second kappa shape index (κ2) is 19.0. The predicted octanol–water partition coefficient (Wildman–Crippen LogP) is 9.98. The summed E-state index contributed by atoms with van der Waals surface area (Å²) in [6.45, 7) is 10.8. The Kier molecular flexibility index (Phi) is 13.8. The molecule has 3 aliphatic carbocycles. The fraction of sp³-hybridized carbons (Fsp3) is 0.560. The van der Waals surface area contributed by atoms with Crippen LogP contribution in [0.4, 0.5) is 0 Å². The number of oxime groups is 1. The van der Waals surface area contributed by atoms with Gasteiger partial charge in [0, 0.05) is 44.1 Å². The largest absolute Gasteiger partial charge is 0.508 e. The van der Waals surface area contributed by atoms with Crippen molar-refractivity contribution in [2.45, 2.75) is 134 Å². The molecule has 2 saturated carbocycles. The van der Waals surface area contributed by atoms with Crippen LogP contribution < -0.4 is 4.74 Å². The lowest BCUT2D eigenvalue weighted by molar-refractivity contribution is -0.258. The number of amides is 1. The number of ether oxygens (including phenoxy) is 2. The second-order valence-electron chi connectivity index (χ2n) is 18.3. The molecular formula is C50H66N2O7. The summed E-state index contributed by atoms with van der Waals surface area (Å²) in [5.74, 6) is -0.383. The molecule has 9 heteroatoms. The van der Waals surface area contributed by atoms with E-state index < -0.39 is 23.3 Å². The van der Waals surface area contributed by atoms with E-state index in [-0.39, 0.29) is 49.2 Å². The van der Waals surface area contributed by atoms with Crippen molar-refractivity contribution >= 4 is 22.4 Å². The molecule has 1 amide bonds. The molecule has 0 unspecified atom stereocenters. The SMILES string of the molecule is C=CCO[C@@]12Oc3ccc(O)cc3[C@H]3[C@H](CCCCO)[C@@H](CCCCO)C=C(C(=NOC(C)(C)C)C[C@@H]1N(Cc1cccc4ccccc14)C(=O)CCC1CCCC1)[C@H]32. The van der Waals surface area contributed by atoms with Gasteiger partial charge in [-0.2, -0.15) is 0 Å². The summed E-state index contributed by atoms with van der Waals surface area (Å²) in [5.41, 5.74) is 3.15. The lowest BCUT2D eigenvalue weighted by atomic mass is 9.55. The summed E-state index contributed by atoms with van der Waals surface area (Å²) < 4.78 is 14.6. The molecule has 9 nitrogen and oxygen atoms in total. The highest BCUT2D eigenvalue weighted by Gasteiger charge is 2.65. The van der Waals surface area contributed by atoms with Gasteiger partial charge in [0.15, 0.2) is 0 Å². The number of aromatic hydroxyl groups is 1. The average Bonchev–Trinajstić information content (AvgIpc) is 3.75. The van der Waals surface area contributed by atoms with Crippen LogP contribution in [0.1, 0.15) is 121 Å². The van der Waals surface area contributed by atoms with E-state index in [0.29, 0.717) is 43.9 Å². The van der Waals surface area contributed by atoms with E-state index in [1.807, 2.05) is 43.9 Å². The van der Waals surface area contributed by atoms with Gasteiger partial charge in [0.25, 0.3) is 0 Å². The molecular weight excluding hydrogens is 741 g/mol. The van der Waals surface area contributed by atoms with E-state index in [1.165, 1.54) is 12.8 Å². The Morgan fingerprint density at radius 1 is 0.983 bits per heavy atom. The zero-order chi connectivity index (χ0) is 41.6. The van der Waals surface area contributed by atoms with Crippen LogP contribution in [0.3, 0.4) is 0 Å². The number of benzene rings is 3. The average molecular weight is 807 g/mol. The number of phenolic OH excluding ortho intramolecular Hbond substituents is 1. The first-order valence-electron chi connectivity index (χ1n) is 22.3. The van der Waals surface area contributed by atoms with Crippen molar-refractivity contribution in [3.63, 3.8) is 0 Å². The Morgan fingerprint density at radius 3 is 2.47 bits per heavy atom. The Balaban J connectivity index is 1.45. The van der Waals surface area contributed by atoms with Crippen molar-refractivity contribution in [3.8, 4) is 11.5 Å². The summed E-state index contributed by atoms with van der Waals surface area (Å²) in [6.07, 6.45) is 15.2. The molecule has 6 atom stereocenters. The lowest BCUT2D eigenvalue weighted by Crippen LogP contribution is -2.70. The van der Waals surface area contributed by atoms with Gasteiger partial charge in [-0.05, 0) is 111 Å². The molecule has 7 rings (SSSR count). The number of aliphatic hydroxyl groups excluding tert-OH is 2. The van der Waals surface area contributed by atoms with Crippen LogP contribution >= 0.6 is 0 Å². The minimum Gasteiger partial charge on any atom is -0.508 e. The number of hydrogen-bond donors (Lipinski definition) is 3. The molecule has 0 spiro atoms. The summed E-state index contributed by atoms with van der Waals surface area (Å²) in [7, 11) is 0. The van der Waals surface area contributed by atoms with E-state index in [0.717, 1.165) is 78.1 Å². The van der Waals surface area contributed by atoms with Gasteiger partial charge in [-0.3, -0.25) is 4.79 Å². The van der Waals surface area contributed by atoms with E-state index in [4.69, 9.17) is 19.5 Å². The first-order chi connectivity index (χ1) is 28.6. The number of allylic oxidation sites excluding steroid dienone is 1. The van der Waals surface area contributed by atoms with Crippen LogP contribution in [0.5, 0.6) is 11.5 Å². The summed E-state index contributed by atoms with van der Waals surface area (Å²) in [4.78, 5) is 23.6. The van der Waals surface area contributed by atoms with Crippen LogP contribution in [0.25, 0.3) is 10.8 Å². The van der Waals surface area contributed by atoms with Crippen LogP contribution in [0, 0.1) is 23.7 Å². The number of aliphatic hydroxyl groups is 2. The third-order valence-electron chi connectivity index (χ3n) is 13.2. The van der Waals surface area contributed by atoms with Gasteiger partial charge in [0.05, 0.1) is 18.2 Å². The standard InChI is InChI=1S/C50H66N2O7/c1-5-29-57-50-45(52(46(56)26-23-34-15-6-7-16-34)33-37-20-14-19-35-17-8-9-21-39(35)37)32-43(51-59-49(2,3)4)41-30-36(18-10-12-27-53)40(22-11-13-28-54)47(48(41)50)42-31-38(55)24-25-44(42)58-50/h5,8-9,14,17,19-21,24-25,30-31,34,36,40,45,47-48,53-55H,1,6-7,10-13,15-16,18,22-23,26-29,32-33H2,2-4H3/t36-,40+,45-,47+,48+,50+/m0/s1. The molecule has 3 aromatic rings. The molecule has 4 aliphatic rings. The quantitative estimate of drug-likeness (QED) is 0.0665. The number of hydrogen-bond acceptors (Lipinski definition) is 8. The van der Waals surface area contributed by atoms with Crippen molar-refractivity contribution < 1.29 is 34.4 Å². The molecule has 0 bridgehead atoms. The number of unbranched alkanes of at least 4 members (excludes halogenated alkanes) is 2. The molecule has 0 saturated heterocycles. The Morgan fingerprint density at radius 2 is 1.73 bits per heavy atom. The first-order valence-corrected chi connectivity index (χ1v) is 22.3. The molecule has 0 aromatic heterocycles. The molecule has 0 radical (unpaired) electrons. The fourth-order valence-corrected chi connectivity index (χ4v) is 10.6. The second-order valence-corrected chi connectivity index (χ2v) is 18.3. The molecule has 1 heterocycles. The number of nitrogens with zero attached hydrogens (tertiary/aromatic N) is 2. The lowest BCUT2D eigenvalue weighted by Gasteiger charge is -2.60. The third kappa shape index (κ3) is 9.43. The predicted molar refractivity (Wildman–Crippen MR) is 233 cm³/mol. The first kappa shape index (κ1) is 42.9. The Hall–Kier alpha value is -4.18. The van der Waals surface area contributed by atoms with Crippen molar-refractivity contribution in [1.29, 1.82) is 0 Å². The van der Waals surface area contributed by atoms with E-state index in [9.17, 15) is 15.3 Å². The van der Waals surface area contributed by atoms with Crippen LogP contribution in [0.2, 0.25) is 0 Å². The van der Waals surface area contributed by atoms with E-state index >= 15 is 4.79 Å². The highest BCUT2D eigenvalue weighted by atomic mass is 16.7. The molecule has 3 N–H and O–H groups in total. The topological polar surface area (TPSA) is 121 Å². The number of fused-ring (bicyclic) bond motifs is 3. The Labute approximate surface area is 351 Å². The molecule has 59 heavy (non-hydrogen) atoms. The zero-order valence-electron chi connectivity index (χ0n) is 35.5. The third-order valence-corrected chi connectivity index (χ3v) is 13.2. The van der Waals surface area contributed by atoms with Gasteiger partial charge in [-0.15, -0.1) is 6.58 Å². The van der Waals surface area contributed by atoms with E-state index in [2.05, 4.69) is 49.1 Å². The van der Waals surface area contributed by atoms with Crippen LogP contribution in [0.15, 0.2) is 90.1 Å². The summed E-state index contributed by atoms with van der Waals surface area (Å²) >= 11 is 0. The van der Waals surface area contributed by atoms with Crippen molar-refractivity contribution in [2.75, 3.05) is 19.8 Å². The summed E-state index contributed by atoms with van der Waals surface area (Å²) in [5, 5.41) is 38.1. The molecule has 2 fully saturated rings. The summed E-state index contributed by atoms with van der Waals surface area (Å²) in [6, 6.07) is 19.4. The van der Waals surface area contributed by atoms with Crippen LogP contribution in [-0.4, -0.2) is 69.1 Å². The highest BCUT2D eigenvalue weighted by Crippen LogP contribution is 2.62. The van der Waals surface area contributed by atoms with Gasteiger partial charge in [0.1, 0.15) is 23.1 Å². The zero-order valence-corrected chi connectivity index (χ0v) is 35.5. The fourth-order valence-electron chi connectivity index (χ4n) is 10.6. The van der Waals surface area contributed by atoms with Gasteiger partial charge in [0.2, 0.25) is 11.7 Å². The molecule has 3 aromatic carbocycles. The monoisotopic (exact) mass is 806 g/mol. The molecule has 318 valence electrons.